The molecule has 1 aliphatic rings. The van der Waals surface area contributed by atoms with E-state index >= 15 is 0 Å². The number of nitrogens with one attached hydrogen (secondary N) is 1. The van der Waals surface area contributed by atoms with Crippen LogP contribution < -0.4 is 5.56 Å². The number of H-pyrrole nitrogens is 1. The molecule has 8 nitrogen and oxygen atoms in total. The van der Waals surface area contributed by atoms with Crippen LogP contribution in [-0.4, -0.2) is 90.1 Å². The van der Waals surface area contributed by atoms with Crippen LogP contribution in [0.3, 0.4) is 0 Å². The standard InChI is InChI=1S/C24H32N4O4S/c1-2-31-16-19(29)14-28(9-8-27-10-12-32-13-11-27)15-21-25-23(30)22-20(17-33-24(22)26-21)18-6-4-3-5-7-18/h3-7,17,19,29H,2,8-16H2,1H3,(H,25,26,30). The molecule has 1 saturated heterocycles. The van der Waals surface area contributed by atoms with Gasteiger partial charge in [0.25, 0.3) is 5.56 Å². The third-order valence-electron chi connectivity index (χ3n) is 5.77. The molecule has 0 amide bonds. The first-order valence-electron chi connectivity index (χ1n) is 11.5. The van der Waals surface area contributed by atoms with Gasteiger partial charge in [0.05, 0.1) is 37.9 Å². The fourth-order valence-electron chi connectivity index (χ4n) is 4.06. The van der Waals surface area contributed by atoms with Crippen LogP contribution in [0.5, 0.6) is 0 Å². The van der Waals surface area contributed by atoms with Gasteiger partial charge in [0.2, 0.25) is 0 Å². The van der Waals surface area contributed by atoms with Gasteiger partial charge in [0.15, 0.2) is 0 Å². The van der Waals surface area contributed by atoms with E-state index < -0.39 is 6.10 Å². The summed E-state index contributed by atoms with van der Waals surface area (Å²) in [5, 5.41) is 13.1. The van der Waals surface area contributed by atoms with Crippen molar-refractivity contribution in [1.29, 1.82) is 0 Å². The molecule has 2 N–H and O–H groups in total. The number of fused-ring (bicyclic) bond motifs is 1. The van der Waals surface area contributed by atoms with Gasteiger partial charge >= 0.3 is 0 Å². The normalized spacial score (nSPS) is 16.0. The third kappa shape index (κ3) is 6.47. The summed E-state index contributed by atoms with van der Waals surface area (Å²) < 4.78 is 10.8. The van der Waals surface area contributed by atoms with Crippen molar-refractivity contribution < 1.29 is 14.6 Å². The topological polar surface area (TPSA) is 90.9 Å². The number of hydrogen-bond acceptors (Lipinski definition) is 8. The predicted molar refractivity (Wildman–Crippen MR) is 131 cm³/mol. The Morgan fingerprint density at radius 2 is 2.09 bits per heavy atom. The van der Waals surface area contributed by atoms with Crippen molar-refractivity contribution in [3.8, 4) is 11.1 Å². The van der Waals surface area contributed by atoms with Crippen LogP contribution >= 0.6 is 11.3 Å². The van der Waals surface area contributed by atoms with Crippen molar-refractivity contribution in [2.75, 3.05) is 59.2 Å². The minimum absolute atomic E-state index is 0.127. The largest absolute Gasteiger partial charge is 0.389 e. The monoisotopic (exact) mass is 472 g/mol. The number of hydrogen-bond donors (Lipinski definition) is 2. The van der Waals surface area contributed by atoms with Gasteiger partial charge < -0.3 is 19.6 Å². The zero-order valence-corrected chi connectivity index (χ0v) is 19.9. The van der Waals surface area contributed by atoms with E-state index in [1.165, 1.54) is 11.3 Å². The number of morpholine rings is 1. The number of ether oxygens (including phenoxy) is 2. The van der Waals surface area contributed by atoms with Crippen molar-refractivity contribution in [2.24, 2.45) is 0 Å². The maximum absolute atomic E-state index is 13.0. The van der Waals surface area contributed by atoms with Gasteiger partial charge in [-0.05, 0) is 12.5 Å². The molecular formula is C24H32N4O4S. The lowest BCUT2D eigenvalue weighted by Crippen LogP contribution is -2.43. The fourth-order valence-corrected chi connectivity index (χ4v) is 5.02. The average Bonchev–Trinajstić information content (AvgIpc) is 3.27. The Morgan fingerprint density at radius 3 is 2.85 bits per heavy atom. The van der Waals surface area contributed by atoms with Crippen molar-refractivity contribution in [2.45, 2.75) is 19.6 Å². The first kappa shape index (κ1) is 24.0. The molecule has 1 fully saturated rings. The maximum Gasteiger partial charge on any atom is 0.260 e. The van der Waals surface area contributed by atoms with Gasteiger partial charge in [0, 0.05) is 50.3 Å². The molecule has 9 heteroatoms. The molecule has 1 unspecified atom stereocenters. The van der Waals surface area contributed by atoms with Gasteiger partial charge in [-0.1, -0.05) is 30.3 Å². The zero-order chi connectivity index (χ0) is 23.0. The Hall–Kier alpha value is -2.14. The zero-order valence-electron chi connectivity index (χ0n) is 19.0. The van der Waals surface area contributed by atoms with Gasteiger partial charge in [-0.15, -0.1) is 11.3 Å². The number of thiophene rings is 1. The molecule has 3 heterocycles. The molecule has 1 aromatic carbocycles. The molecule has 4 rings (SSSR count). The van der Waals surface area contributed by atoms with Crippen LogP contribution in [0, 0.1) is 0 Å². The van der Waals surface area contributed by atoms with Crippen LogP contribution in [0.15, 0.2) is 40.5 Å². The van der Waals surface area contributed by atoms with Crippen LogP contribution in [0.1, 0.15) is 12.7 Å². The quantitative estimate of drug-likeness (QED) is 0.442. The Labute approximate surface area is 197 Å². The molecule has 33 heavy (non-hydrogen) atoms. The second-order valence-electron chi connectivity index (χ2n) is 8.21. The van der Waals surface area contributed by atoms with Crippen LogP contribution in [0.25, 0.3) is 21.3 Å². The maximum atomic E-state index is 13.0. The smallest absolute Gasteiger partial charge is 0.260 e. The van der Waals surface area contributed by atoms with E-state index in [4.69, 9.17) is 14.5 Å². The van der Waals surface area contributed by atoms with E-state index in [9.17, 15) is 9.90 Å². The highest BCUT2D eigenvalue weighted by Gasteiger charge is 2.18. The number of rotatable bonds is 11. The van der Waals surface area contributed by atoms with Crippen LogP contribution in [-0.2, 0) is 16.0 Å². The molecule has 0 saturated carbocycles. The summed E-state index contributed by atoms with van der Waals surface area (Å²) in [4.78, 5) is 26.0. The van der Waals surface area contributed by atoms with Gasteiger partial charge in [-0.25, -0.2) is 4.98 Å². The lowest BCUT2D eigenvalue weighted by molar-refractivity contribution is 0.00942. The minimum Gasteiger partial charge on any atom is -0.389 e. The summed E-state index contributed by atoms with van der Waals surface area (Å²) in [6, 6.07) is 9.90. The molecule has 3 aromatic rings. The highest BCUT2D eigenvalue weighted by atomic mass is 32.1. The highest BCUT2D eigenvalue weighted by Crippen LogP contribution is 2.30. The molecule has 0 bridgehead atoms. The second kappa shape index (κ2) is 11.8. The Morgan fingerprint density at radius 1 is 1.30 bits per heavy atom. The van der Waals surface area contributed by atoms with Gasteiger partial charge in [-0.3, -0.25) is 14.6 Å². The molecule has 2 aromatic heterocycles. The number of aliphatic hydroxyl groups is 1. The van der Waals surface area contributed by atoms with E-state index in [0.717, 1.165) is 55.4 Å². The third-order valence-corrected chi connectivity index (χ3v) is 6.64. The van der Waals surface area contributed by atoms with Crippen LogP contribution in [0.4, 0.5) is 0 Å². The molecule has 1 aliphatic heterocycles. The number of aliphatic hydroxyl groups excluding tert-OH is 1. The van der Waals surface area contributed by atoms with Gasteiger partial charge in [0.1, 0.15) is 10.7 Å². The summed E-state index contributed by atoms with van der Waals surface area (Å²) in [5.74, 6) is 0.611. The van der Waals surface area contributed by atoms with E-state index in [0.29, 0.717) is 37.5 Å². The molecule has 0 spiro atoms. The Balaban J connectivity index is 1.51. The minimum atomic E-state index is -0.600. The number of benzene rings is 1. The first-order chi connectivity index (χ1) is 16.1. The average molecular weight is 473 g/mol. The van der Waals surface area contributed by atoms with E-state index in [1.807, 2.05) is 42.6 Å². The summed E-state index contributed by atoms with van der Waals surface area (Å²) in [6.07, 6.45) is -0.600. The van der Waals surface area contributed by atoms with E-state index in [1.54, 1.807) is 0 Å². The molecule has 0 aliphatic carbocycles. The second-order valence-corrected chi connectivity index (χ2v) is 9.07. The number of nitrogens with zero attached hydrogens (tertiary/aromatic N) is 3. The number of aromatic nitrogens is 2. The molecule has 0 radical (unpaired) electrons. The SMILES string of the molecule is CCOCC(O)CN(CCN1CCOCC1)Cc1nc2scc(-c3ccccc3)c2c(=O)[nH]1. The summed E-state index contributed by atoms with van der Waals surface area (Å²) >= 11 is 1.48. The van der Waals surface area contributed by atoms with Crippen LogP contribution in [0.2, 0.25) is 0 Å². The summed E-state index contributed by atoms with van der Waals surface area (Å²) in [7, 11) is 0. The molecule has 1 atom stereocenters. The first-order valence-corrected chi connectivity index (χ1v) is 12.4. The van der Waals surface area contributed by atoms with Crippen molar-refractivity contribution in [3.63, 3.8) is 0 Å². The van der Waals surface area contributed by atoms with E-state index in [2.05, 4.69) is 14.8 Å². The number of aromatic amines is 1. The van der Waals surface area contributed by atoms with Crippen molar-refractivity contribution in [3.05, 3.63) is 51.9 Å². The molecular weight excluding hydrogens is 440 g/mol. The Bertz CT molecular complexity index is 1070. The van der Waals surface area contributed by atoms with Crippen molar-refractivity contribution in [1.82, 2.24) is 19.8 Å². The Kier molecular flexibility index (Phi) is 8.60. The predicted octanol–water partition coefficient (Wildman–Crippen LogP) is 2.18. The fraction of sp³-hybridized carbons (Fsp3) is 0.500. The highest BCUT2D eigenvalue weighted by molar-refractivity contribution is 7.17. The lowest BCUT2D eigenvalue weighted by atomic mass is 10.1. The van der Waals surface area contributed by atoms with Crippen molar-refractivity contribution >= 4 is 21.6 Å². The van der Waals surface area contributed by atoms with Gasteiger partial charge in [-0.2, -0.15) is 0 Å². The molecule has 178 valence electrons. The van der Waals surface area contributed by atoms with E-state index in [-0.39, 0.29) is 5.56 Å². The lowest BCUT2D eigenvalue weighted by Gasteiger charge is -2.30. The summed E-state index contributed by atoms with van der Waals surface area (Å²) in [6.45, 7) is 8.62. The summed E-state index contributed by atoms with van der Waals surface area (Å²) in [5.41, 5.74) is 1.79.